The van der Waals surface area contributed by atoms with Gasteiger partial charge in [0.15, 0.2) is 0 Å². The van der Waals surface area contributed by atoms with Crippen LogP contribution < -0.4 is 11.1 Å². The Balaban J connectivity index is 2.07. The van der Waals surface area contributed by atoms with Crippen molar-refractivity contribution in [1.29, 1.82) is 0 Å². The zero-order valence-corrected chi connectivity index (χ0v) is 11.3. The molecule has 3 N–H and O–H groups in total. The van der Waals surface area contributed by atoms with Crippen LogP contribution in [0.25, 0.3) is 0 Å². The Bertz CT molecular complexity index is 626. The summed E-state index contributed by atoms with van der Waals surface area (Å²) in [5.74, 6) is 0. The highest BCUT2D eigenvalue weighted by atomic mass is 16.6. The number of benzene rings is 2. The van der Waals surface area contributed by atoms with Gasteiger partial charge in [0.1, 0.15) is 11.4 Å². The highest BCUT2D eigenvalue weighted by Gasteiger charge is 2.16. The fourth-order valence-corrected chi connectivity index (χ4v) is 2.13. The fraction of sp³-hybridized carbons (Fsp3) is 0.200. The molecule has 0 aliphatic heterocycles. The second kappa shape index (κ2) is 6.06. The maximum Gasteiger partial charge on any atom is 0.314 e. The molecule has 0 aliphatic rings. The molecule has 0 unspecified atom stereocenters. The molecule has 0 amide bonds. The van der Waals surface area contributed by atoms with Crippen LogP contribution in [0.4, 0.5) is 17.1 Å². The maximum absolute atomic E-state index is 11.0. The van der Waals surface area contributed by atoms with Crippen LogP contribution in [0.5, 0.6) is 0 Å². The van der Waals surface area contributed by atoms with Crippen LogP contribution in [0.1, 0.15) is 11.1 Å². The van der Waals surface area contributed by atoms with E-state index < -0.39 is 4.92 Å². The Labute approximate surface area is 117 Å². The van der Waals surface area contributed by atoms with Gasteiger partial charge in [-0.05, 0) is 36.6 Å². The number of nitrogens with one attached hydrogen (secondary N) is 1. The minimum Gasteiger partial charge on any atom is -0.393 e. The van der Waals surface area contributed by atoms with E-state index in [1.165, 1.54) is 17.2 Å². The van der Waals surface area contributed by atoms with Crippen molar-refractivity contribution in [3.05, 3.63) is 63.7 Å². The van der Waals surface area contributed by atoms with Gasteiger partial charge in [0.25, 0.3) is 0 Å². The van der Waals surface area contributed by atoms with Crippen LogP contribution in [-0.2, 0) is 6.42 Å². The summed E-state index contributed by atoms with van der Waals surface area (Å²) in [6, 6.07) is 13.0. The van der Waals surface area contributed by atoms with E-state index in [1.807, 2.05) is 12.1 Å². The SMILES string of the molecule is Cc1ccccc1CCNc1cccc(N)c1[N+](=O)[O-]. The van der Waals surface area contributed by atoms with Crippen molar-refractivity contribution in [2.24, 2.45) is 0 Å². The smallest absolute Gasteiger partial charge is 0.314 e. The normalized spacial score (nSPS) is 10.2. The Kier molecular flexibility index (Phi) is 4.20. The lowest BCUT2D eigenvalue weighted by Crippen LogP contribution is -2.08. The molecule has 0 aliphatic carbocycles. The third-order valence-corrected chi connectivity index (χ3v) is 3.22. The lowest BCUT2D eigenvalue weighted by Gasteiger charge is -2.09. The van der Waals surface area contributed by atoms with Crippen molar-refractivity contribution in [3.8, 4) is 0 Å². The molecule has 0 radical (unpaired) electrons. The van der Waals surface area contributed by atoms with Crippen LogP contribution in [0.3, 0.4) is 0 Å². The van der Waals surface area contributed by atoms with Crippen LogP contribution in [0.15, 0.2) is 42.5 Å². The van der Waals surface area contributed by atoms with Crippen molar-refractivity contribution in [2.75, 3.05) is 17.6 Å². The summed E-state index contributed by atoms with van der Waals surface area (Å²) < 4.78 is 0. The minimum atomic E-state index is -0.453. The molecule has 0 bridgehead atoms. The number of anilines is 2. The van der Waals surface area contributed by atoms with Crippen molar-refractivity contribution >= 4 is 17.1 Å². The summed E-state index contributed by atoms with van der Waals surface area (Å²) in [5, 5.41) is 14.1. The van der Waals surface area contributed by atoms with E-state index in [9.17, 15) is 10.1 Å². The summed E-state index contributed by atoms with van der Waals surface area (Å²) in [7, 11) is 0. The van der Waals surface area contributed by atoms with E-state index in [0.717, 1.165) is 6.42 Å². The number of hydrogen-bond acceptors (Lipinski definition) is 4. The van der Waals surface area contributed by atoms with Gasteiger partial charge in [-0.2, -0.15) is 0 Å². The molecule has 2 aromatic rings. The van der Waals surface area contributed by atoms with Crippen molar-refractivity contribution in [3.63, 3.8) is 0 Å². The molecule has 0 saturated heterocycles. The third-order valence-electron chi connectivity index (χ3n) is 3.22. The number of aryl methyl sites for hydroxylation is 1. The lowest BCUT2D eigenvalue weighted by atomic mass is 10.1. The first kappa shape index (κ1) is 13.9. The third kappa shape index (κ3) is 3.06. The zero-order valence-electron chi connectivity index (χ0n) is 11.3. The number of nitrogen functional groups attached to an aromatic ring is 1. The Hall–Kier alpha value is -2.56. The monoisotopic (exact) mass is 271 g/mol. The van der Waals surface area contributed by atoms with Crippen molar-refractivity contribution < 1.29 is 4.92 Å². The van der Waals surface area contributed by atoms with Crippen LogP contribution in [-0.4, -0.2) is 11.5 Å². The second-order valence-corrected chi connectivity index (χ2v) is 4.60. The molecule has 20 heavy (non-hydrogen) atoms. The molecule has 104 valence electrons. The van der Waals surface area contributed by atoms with Gasteiger partial charge >= 0.3 is 5.69 Å². The second-order valence-electron chi connectivity index (χ2n) is 4.60. The average molecular weight is 271 g/mol. The van der Waals surface area contributed by atoms with Gasteiger partial charge in [-0.25, -0.2) is 0 Å². The number of nitrogens with zero attached hydrogens (tertiary/aromatic N) is 1. The zero-order chi connectivity index (χ0) is 14.5. The van der Waals surface area contributed by atoms with Crippen LogP contribution >= 0.6 is 0 Å². The summed E-state index contributed by atoms with van der Waals surface area (Å²) in [6.45, 7) is 2.67. The lowest BCUT2D eigenvalue weighted by molar-refractivity contribution is -0.383. The Morgan fingerprint density at radius 1 is 1.20 bits per heavy atom. The molecule has 2 rings (SSSR count). The van der Waals surface area contributed by atoms with Gasteiger partial charge in [0, 0.05) is 6.54 Å². The highest BCUT2D eigenvalue weighted by Crippen LogP contribution is 2.30. The average Bonchev–Trinajstić information content (AvgIpc) is 2.40. The first-order chi connectivity index (χ1) is 9.59. The molecule has 5 heteroatoms. The van der Waals surface area contributed by atoms with E-state index in [0.29, 0.717) is 12.2 Å². The minimum absolute atomic E-state index is 0.0581. The van der Waals surface area contributed by atoms with Gasteiger partial charge in [0.2, 0.25) is 0 Å². The van der Waals surface area contributed by atoms with E-state index in [4.69, 9.17) is 5.73 Å². The molecule has 0 fully saturated rings. The first-order valence-corrected chi connectivity index (χ1v) is 6.41. The number of para-hydroxylation sites is 1. The molecule has 0 heterocycles. The molecule has 0 aromatic heterocycles. The van der Waals surface area contributed by atoms with Gasteiger partial charge in [-0.1, -0.05) is 30.3 Å². The topological polar surface area (TPSA) is 81.2 Å². The van der Waals surface area contributed by atoms with Gasteiger partial charge in [0.05, 0.1) is 4.92 Å². The maximum atomic E-state index is 11.0. The van der Waals surface area contributed by atoms with E-state index in [1.54, 1.807) is 12.1 Å². The summed E-state index contributed by atoms with van der Waals surface area (Å²) in [4.78, 5) is 10.6. The van der Waals surface area contributed by atoms with E-state index >= 15 is 0 Å². The molecular weight excluding hydrogens is 254 g/mol. The predicted molar refractivity (Wildman–Crippen MR) is 80.9 cm³/mol. The number of nitro groups is 1. The molecule has 2 aromatic carbocycles. The largest absolute Gasteiger partial charge is 0.393 e. The predicted octanol–water partition coefficient (Wildman–Crippen LogP) is 3.14. The standard InChI is InChI=1S/C15H17N3O2/c1-11-5-2-3-6-12(11)9-10-17-14-8-4-7-13(16)15(14)18(19)20/h2-8,17H,9-10,16H2,1H3. The highest BCUT2D eigenvalue weighted by molar-refractivity contribution is 5.74. The van der Waals surface area contributed by atoms with Gasteiger partial charge in [-0.3, -0.25) is 10.1 Å². The van der Waals surface area contributed by atoms with Crippen LogP contribution in [0.2, 0.25) is 0 Å². The summed E-state index contributed by atoms with van der Waals surface area (Å²) in [6.07, 6.45) is 0.804. The van der Waals surface area contributed by atoms with Gasteiger partial charge < -0.3 is 11.1 Å². The van der Waals surface area contributed by atoms with Crippen molar-refractivity contribution in [1.82, 2.24) is 0 Å². The van der Waals surface area contributed by atoms with Crippen molar-refractivity contribution in [2.45, 2.75) is 13.3 Å². The molecule has 5 nitrogen and oxygen atoms in total. The van der Waals surface area contributed by atoms with Gasteiger partial charge in [-0.15, -0.1) is 0 Å². The molecule has 0 saturated carbocycles. The molecular formula is C15H17N3O2. The summed E-state index contributed by atoms with van der Waals surface area (Å²) in [5.41, 5.74) is 8.68. The first-order valence-electron chi connectivity index (χ1n) is 6.41. The number of rotatable bonds is 5. The molecule has 0 spiro atoms. The number of nitrogens with two attached hydrogens (primary N) is 1. The van der Waals surface area contributed by atoms with Crippen LogP contribution in [0, 0.1) is 17.0 Å². The Morgan fingerprint density at radius 3 is 2.65 bits per heavy atom. The Morgan fingerprint density at radius 2 is 1.95 bits per heavy atom. The quantitative estimate of drug-likeness (QED) is 0.497. The number of hydrogen-bond donors (Lipinski definition) is 2. The molecule has 0 atom stereocenters. The van der Waals surface area contributed by atoms with E-state index in [2.05, 4.69) is 24.4 Å². The number of nitro benzene ring substituents is 1. The van der Waals surface area contributed by atoms with E-state index in [-0.39, 0.29) is 11.4 Å². The fourth-order valence-electron chi connectivity index (χ4n) is 2.13. The summed E-state index contributed by atoms with van der Waals surface area (Å²) >= 11 is 0.